The van der Waals surface area contributed by atoms with Gasteiger partial charge in [0.1, 0.15) is 4.32 Å². The molecule has 5 nitrogen and oxygen atoms in total. The van der Waals surface area contributed by atoms with E-state index in [0.717, 1.165) is 5.57 Å². The molecule has 0 spiro atoms. The minimum absolute atomic E-state index is 0.0929. The molecule has 1 saturated heterocycles. The van der Waals surface area contributed by atoms with Gasteiger partial charge in [-0.3, -0.25) is 0 Å². The average molecular weight is 343 g/mol. The first kappa shape index (κ1) is 15.4. The molecule has 0 aromatic rings. The zero-order valence-corrected chi connectivity index (χ0v) is 13.5. The number of hydrogen-bond donors (Lipinski definition) is 2. The SMILES string of the molecule is O=S1(=O)CC[C@H](NC(=S)SCC2=CC[S+](=O)(O)C2)C1. The van der Waals surface area contributed by atoms with Gasteiger partial charge in [0.15, 0.2) is 21.3 Å². The molecule has 2 rings (SSSR count). The Morgan fingerprint density at radius 2 is 2.37 bits per heavy atom. The van der Waals surface area contributed by atoms with E-state index in [2.05, 4.69) is 5.32 Å². The second-order valence-corrected chi connectivity index (χ2v) is 10.8. The molecule has 0 amide bonds. The fourth-order valence-electron chi connectivity index (χ4n) is 2.03. The Balaban J connectivity index is 1.73. The summed E-state index contributed by atoms with van der Waals surface area (Å²) in [5.74, 6) is 1.39. The van der Waals surface area contributed by atoms with Crippen molar-refractivity contribution in [1.82, 2.24) is 5.32 Å². The highest BCUT2D eigenvalue weighted by molar-refractivity contribution is 8.23. The lowest BCUT2D eigenvalue weighted by atomic mass is 10.3. The lowest BCUT2D eigenvalue weighted by Gasteiger charge is -2.12. The largest absolute Gasteiger partial charge is 0.367 e. The van der Waals surface area contributed by atoms with Crippen LogP contribution >= 0.6 is 24.0 Å². The van der Waals surface area contributed by atoms with E-state index in [0.29, 0.717) is 16.5 Å². The molecule has 1 unspecified atom stereocenters. The normalized spacial score (nSPS) is 33.1. The van der Waals surface area contributed by atoms with Crippen LogP contribution in [-0.4, -0.2) is 52.1 Å². The number of rotatable bonds is 3. The summed E-state index contributed by atoms with van der Waals surface area (Å²) in [4.78, 5) is 0. The van der Waals surface area contributed by atoms with Crippen molar-refractivity contribution < 1.29 is 17.2 Å². The van der Waals surface area contributed by atoms with Crippen LogP contribution in [0.25, 0.3) is 0 Å². The van der Waals surface area contributed by atoms with Gasteiger partial charge in [0, 0.05) is 11.8 Å². The van der Waals surface area contributed by atoms with Gasteiger partial charge in [0.2, 0.25) is 10.2 Å². The predicted molar refractivity (Wildman–Crippen MR) is 83.7 cm³/mol. The molecule has 0 aromatic heterocycles. The summed E-state index contributed by atoms with van der Waals surface area (Å²) in [6.45, 7) is 0. The molecule has 0 radical (unpaired) electrons. The van der Waals surface area contributed by atoms with Crippen LogP contribution in [0, 0.1) is 0 Å². The summed E-state index contributed by atoms with van der Waals surface area (Å²) >= 11 is 6.54. The molecule has 2 atom stereocenters. The lowest BCUT2D eigenvalue weighted by molar-refractivity contribution is 0.504. The standard InChI is InChI=1S/C10H15NO4S4/c12-18(13)3-1-8(6-18)5-17-10(16)11-9-2-4-19(14,15)7-9/h1,9H,2-7H2,(H-,11,12,13,16)/p+1/t9-/m0/s1. The molecule has 2 aliphatic rings. The zero-order valence-electron chi connectivity index (χ0n) is 10.2. The summed E-state index contributed by atoms with van der Waals surface area (Å²) in [5.41, 5.74) is 0.931. The monoisotopic (exact) mass is 342 g/mol. The average Bonchev–Trinajstić information content (AvgIpc) is 2.78. The van der Waals surface area contributed by atoms with Crippen molar-refractivity contribution in [3.8, 4) is 0 Å². The van der Waals surface area contributed by atoms with Crippen LogP contribution in [-0.2, 0) is 24.3 Å². The molecular formula is C10H16NO4S4+. The van der Waals surface area contributed by atoms with Crippen LogP contribution in [0.1, 0.15) is 6.42 Å². The Kier molecular flexibility index (Phi) is 4.71. The highest BCUT2D eigenvalue weighted by atomic mass is 32.3. The Bertz CT molecular complexity index is 554. The third kappa shape index (κ3) is 4.82. The van der Waals surface area contributed by atoms with Gasteiger partial charge in [0.25, 0.3) is 0 Å². The molecular weight excluding hydrogens is 326 g/mol. The zero-order chi connectivity index (χ0) is 14.1. The maximum atomic E-state index is 11.4. The van der Waals surface area contributed by atoms with Gasteiger partial charge in [-0.15, -0.1) is 0 Å². The topological polar surface area (TPSA) is 83.5 Å². The van der Waals surface area contributed by atoms with Crippen molar-refractivity contribution in [3.05, 3.63) is 11.6 Å². The number of hydrogen-bond acceptors (Lipinski definition) is 5. The van der Waals surface area contributed by atoms with E-state index in [1.165, 1.54) is 11.8 Å². The van der Waals surface area contributed by atoms with E-state index in [-0.39, 0.29) is 29.1 Å². The Labute approximate surface area is 123 Å². The van der Waals surface area contributed by atoms with Gasteiger partial charge < -0.3 is 5.32 Å². The van der Waals surface area contributed by atoms with Crippen molar-refractivity contribution in [1.29, 1.82) is 0 Å². The van der Waals surface area contributed by atoms with Gasteiger partial charge in [0.05, 0.1) is 11.5 Å². The van der Waals surface area contributed by atoms with E-state index in [9.17, 15) is 17.2 Å². The molecule has 19 heavy (non-hydrogen) atoms. The van der Waals surface area contributed by atoms with Crippen LogP contribution < -0.4 is 5.32 Å². The highest BCUT2D eigenvalue weighted by Gasteiger charge is 2.32. The molecule has 0 aliphatic carbocycles. The minimum atomic E-state index is -2.90. The smallest absolute Gasteiger partial charge is 0.222 e. The summed E-state index contributed by atoms with van der Waals surface area (Å²) < 4.78 is 43.9. The second-order valence-electron chi connectivity index (χ2n) is 4.77. The third-order valence-electron chi connectivity index (χ3n) is 2.99. The number of sulfone groups is 1. The third-order valence-corrected chi connectivity index (χ3v) is 7.63. The maximum Gasteiger partial charge on any atom is 0.222 e. The van der Waals surface area contributed by atoms with Crippen molar-refractivity contribution in [2.75, 3.05) is 28.8 Å². The van der Waals surface area contributed by atoms with E-state index in [1.54, 1.807) is 6.08 Å². The fraction of sp³-hybridized carbons (Fsp3) is 0.700. The molecule has 0 bridgehead atoms. The Hall–Kier alpha value is 0.0400. The Morgan fingerprint density at radius 3 is 2.89 bits per heavy atom. The van der Waals surface area contributed by atoms with Gasteiger partial charge >= 0.3 is 0 Å². The van der Waals surface area contributed by atoms with Crippen LogP contribution in [0.4, 0.5) is 0 Å². The highest BCUT2D eigenvalue weighted by Crippen LogP contribution is 2.21. The molecule has 2 heterocycles. The Morgan fingerprint density at radius 1 is 1.63 bits per heavy atom. The van der Waals surface area contributed by atoms with Gasteiger partial charge in [-0.25, -0.2) is 8.42 Å². The molecule has 0 aromatic carbocycles. The van der Waals surface area contributed by atoms with E-state index in [4.69, 9.17) is 12.2 Å². The fourth-order valence-corrected chi connectivity index (χ4v) is 6.38. The first-order chi connectivity index (χ1) is 8.76. The first-order valence-corrected chi connectivity index (χ1v) is 10.9. The van der Waals surface area contributed by atoms with Crippen LogP contribution in [0.5, 0.6) is 0 Å². The van der Waals surface area contributed by atoms with Gasteiger partial charge in [-0.05, 0) is 18.1 Å². The molecule has 1 fully saturated rings. The molecule has 2 N–H and O–H groups in total. The van der Waals surface area contributed by atoms with Gasteiger partial charge in [-0.1, -0.05) is 28.2 Å². The first-order valence-electron chi connectivity index (χ1n) is 5.79. The molecule has 2 aliphatic heterocycles. The van der Waals surface area contributed by atoms with Gasteiger partial charge in [-0.2, -0.15) is 4.55 Å². The summed E-state index contributed by atoms with van der Waals surface area (Å²) in [5, 5.41) is 3.03. The number of nitrogens with one attached hydrogen (secondary N) is 1. The molecule has 9 heteroatoms. The maximum absolute atomic E-state index is 11.4. The predicted octanol–water partition coefficient (Wildman–Crippen LogP) is 0.694. The quantitative estimate of drug-likeness (QED) is 0.443. The minimum Gasteiger partial charge on any atom is -0.367 e. The number of thioether (sulfide) groups is 1. The van der Waals surface area contributed by atoms with Crippen molar-refractivity contribution in [2.45, 2.75) is 12.5 Å². The summed E-state index contributed by atoms with van der Waals surface area (Å²) in [6.07, 6.45) is 2.38. The van der Waals surface area contributed by atoms with E-state index < -0.39 is 20.1 Å². The van der Waals surface area contributed by atoms with Crippen molar-refractivity contribution >= 4 is 48.4 Å². The number of thiocarbonyl (C=S) groups is 1. The summed E-state index contributed by atoms with van der Waals surface area (Å²) in [7, 11) is -5.58. The van der Waals surface area contributed by atoms with Crippen LogP contribution in [0.3, 0.4) is 0 Å². The molecule has 108 valence electrons. The second kappa shape index (κ2) is 5.80. The van der Waals surface area contributed by atoms with E-state index in [1.807, 2.05) is 0 Å². The lowest BCUT2D eigenvalue weighted by Crippen LogP contribution is -2.33. The van der Waals surface area contributed by atoms with Crippen LogP contribution in [0.2, 0.25) is 0 Å². The van der Waals surface area contributed by atoms with Crippen LogP contribution in [0.15, 0.2) is 11.6 Å². The van der Waals surface area contributed by atoms with Crippen molar-refractivity contribution in [2.24, 2.45) is 0 Å². The summed E-state index contributed by atoms with van der Waals surface area (Å²) in [6, 6.07) is -0.0929. The molecule has 0 saturated carbocycles. The van der Waals surface area contributed by atoms with E-state index >= 15 is 0 Å². The van der Waals surface area contributed by atoms with Crippen molar-refractivity contribution in [3.63, 3.8) is 0 Å².